The van der Waals surface area contributed by atoms with Gasteiger partial charge in [-0.3, -0.25) is 0 Å². The van der Waals surface area contributed by atoms with Crippen LogP contribution < -0.4 is 20.3 Å². The molecule has 0 unspecified atom stereocenters. The molecule has 1 aliphatic rings. The zero-order valence-corrected chi connectivity index (χ0v) is 21.5. The van der Waals surface area contributed by atoms with Crippen molar-refractivity contribution in [1.29, 1.82) is 0 Å². The molecule has 0 aliphatic carbocycles. The van der Waals surface area contributed by atoms with Gasteiger partial charge < -0.3 is 25.0 Å². The zero-order chi connectivity index (χ0) is 21.7. The summed E-state index contributed by atoms with van der Waals surface area (Å²) in [7, 11) is 1.68. The van der Waals surface area contributed by atoms with E-state index in [-0.39, 0.29) is 24.0 Å². The van der Waals surface area contributed by atoms with E-state index >= 15 is 0 Å². The molecule has 1 aliphatic heterocycles. The Morgan fingerprint density at radius 3 is 2.59 bits per heavy atom. The van der Waals surface area contributed by atoms with Crippen LogP contribution in [0.4, 0.5) is 5.82 Å². The maximum Gasteiger partial charge on any atom is 0.191 e. The predicted octanol–water partition coefficient (Wildman–Crippen LogP) is 3.97. The van der Waals surface area contributed by atoms with E-state index in [4.69, 9.17) is 14.5 Å². The second kappa shape index (κ2) is 14.9. The third-order valence-corrected chi connectivity index (χ3v) is 5.24. The maximum atomic E-state index is 5.43. The average molecular weight is 553 g/mol. The van der Waals surface area contributed by atoms with Crippen LogP contribution in [0.5, 0.6) is 5.75 Å². The summed E-state index contributed by atoms with van der Waals surface area (Å²) < 4.78 is 10.7. The lowest BCUT2D eigenvalue weighted by molar-refractivity contribution is 0.145. The predicted molar refractivity (Wildman–Crippen MR) is 141 cm³/mol. The molecular weight excluding hydrogens is 517 g/mol. The minimum atomic E-state index is 0. The Hall–Kier alpha value is -2.07. The van der Waals surface area contributed by atoms with Gasteiger partial charge in [0.2, 0.25) is 0 Å². The second-order valence-corrected chi connectivity index (χ2v) is 7.56. The van der Waals surface area contributed by atoms with E-state index in [1.165, 1.54) is 18.4 Å². The van der Waals surface area contributed by atoms with E-state index in [0.29, 0.717) is 13.1 Å². The normalized spacial score (nSPS) is 13.6. The average Bonchev–Trinajstić information content (AvgIpc) is 3.36. The fraction of sp³-hybridized carbons (Fsp3) is 0.500. The Morgan fingerprint density at radius 1 is 1.09 bits per heavy atom. The first kappa shape index (κ1) is 26.2. The van der Waals surface area contributed by atoms with Crippen molar-refractivity contribution in [2.45, 2.75) is 39.3 Å². The quantitative estimate of drug-likeness (QED) is 0.190. The van der Waals surface area contributed by atoms with Crippen LogP contribution in [0.1, 0.15) is 37.3 Å². The summed E-state index contributed by atoms with van der Waals surface area (Å²) in [6, 6.07) is 12.3. The molecule has 176 valence electrons. The Labute approximate surface area is 209 Å². The second-order valence-electron chi connectivity index (χ2n) is 7.56. The van der Waals surface area contributed by atoms with Gasteiger partial charge in [0, 0.05) is 45.6 Å². The number of hydrogen-bond donors (Lipinski definition) is 2. The maximum absolute atomic E-state index is 5.43. The highest BCUT2D eigenvalue weighted by molar-refractivity contribution is 14.0. The van der Waals surface area contributed by atoms with E-state index in [1.807, 2.05) is 31.3 Å². The molecule has 1 fully saturated rings. The summed E-state index contributed by atoms with van der Waals surface area (Å²) in [5, 5.41) is 6.86. The number of aromatic nitrogens is 1. The van der Waals surface area contributed by atoms with E-state index < -0.39 is 0 Å². The number of nitrogens with zero attached hydrogens (tertiary/aromatic N) is 3. The van der Waals surface area contributed by atoms with Crippen molar-refractivity contribution in [1.82, 2.24) is 15.6 Å². The monoisotopic (exact) mass is 553 g/mol. The number of anilines is 1. The molecule has 2 N–H and O–H groups in total. The molecule has 0 bridgehead atoms. The summed E-state index contributed by atoms with van der Waals surface area (Å²) in [4.78, 5) is 11.7. The number of benzene rings is 1. The highest BCUT2D eigenvalue weighted by Crippen LogP contribution is 2.18. The SMILES string of the molecule is CCOCCCNC(=NCc1ccnc(N2CCCC2)c1)NCc1ccc(OC)cc1.I. The lowest BCUT2D eigenvalue weighted by atomic mass is 10.2. The van der Waals surface area contributed by atoms with Crippen molar-refractivity contribution >= 4 is 35.8 Å². The largest absolute Gasteiger partial charge is 0.497 e. The van der Waals surface area contributed by atoms with Crippen molar-refractivity contribution in [2.75, 3.05) is 44.9 Å². The van der Waals surface area contributed by atoms with Gasteiger partial charge >= 0.3 is 0 Å². The van der Waals surface area contributed by atoms with Gasteiger partial charge in [-0.25, -0.2) is 9.98 Å². The van der Waals surface area contributed by atoms with Crippen molar-refractivity contribution in [2.24, 2.45) is 4.99 Å². The highest BCUT2D eigenvalue weighted by atomic mass is 127. The van der Waals surface area contributed by atoms with Crippen LogP contribution in [-0.2, 0) is 17.8 Å². The Morgan fingerprint density at radius 2 is 1.88 bits per heavy atom. The molecule has 1 aromatic heterocycles. The third-order valence-electron chi connectivity index (χ3n) is 5.24. The number of methoxy groups -OCH3 is 1. The first-order valence-electron chi connectivity index (χ1n) is 11.2. The molecule has 0 atom stereocenters. The topological polar surface area (TPSA) is 71.0 Å². The summed E-state index contributed by atoms with van der Waals surface area (Å²) in [6.07, 6.45) is 5.31. The first-order chi connectivity index (χ1) is 15.3. The molecule has 0 radical (unpaired) electrons. The van der Waals surface area contributed by atoms with Gasteiger partial charge in [-0.15, -0.1) is 24.0 Å². The number of halogens is 1. The number of hydrogen-bond acceptors (Lipinski definition) is 5. The van der Waals surface area contributed by atoms with E-state index in [0.717, 1.165) is 62.4 Å². The first-order valence-corrected chi connectivity index (χ1v) is 11.2. The van der Waals surface area contributed by atoms with Crippen molar-refractivity contribution in [3.05, 3.63) is 53.7 Å². The lowest BCUT2D eigenvalue weighted by Crippen LogP contribution is -2.37. The minimum Gasteiger partial charge on any atom is -0.497 e. The Kier molecular flexibility index (Phi) is 12.2. The van der Waals surface area contributed by atoms with Crippen LogP contribution in [0.15, 0.2) is 47.6 Å². The molecular formula is C24H36IN5O2. The smallest absolute Gasteiger partial charge is 0.191 e. The van der Waals surface area contributed by atoms with Crippen LogP contribution in [0.2, 0.25) is 0 Å². The molecule has 2 heterocycles. The van der Waals surface area contributed by atoms with Gasteiger partial charge in [-0.1, -0.05) is 12.1 Å². The van der Waals surface area contributed by atoms with Crippen molar-refractivity contribution in [3.8, 4) is 5.75 Å². The highest BCUT2D eigenvalue weighted by Gasteiger charge is 2.13. The summed E-state index contributed by atoms with van der Waals surface area (Å²) in [5.41, 5.74) is 2.33. The lowest BCUT2D eigenvalue weighted by Gasteiger charge is -2.17. The third kappa shape index (κ3) is 8.82. The summed E-state index contributed by atoms with van der Waals surface area (Å²) >= 11 is 0. The van der Waals surface area contributed by atoms with Crippen LogP contribution in [0.3, 0.4) is 0 Å². The van der Waals surface area contributed by atoms with Gasteiger partial charge in [0.25, 0.3) is 0 Å². The molecule has 32 heavy (non-hydrogen) atoms. The summed E-state index contributed by atoms with van der Waals surface area (Å²) in [6.45, 7) is 7.80. The fourth-order valence-electron chi connectivity index (χ4n) is 3.48. The van der Waals surface area contributed by atoms with Crippen LogP contribution in [-0.4, -0.2) is 50.9 Å². The number of nitrogens with one attached hydrogen (secondary N) is 2. The fourth-order valence-corrected chi connectivity index (χ4v) is 3.48. The van der Waals surface area contributed by atoms with Crippen LogP contribution >= 0.6 is 24.0 Å². The molecule has 0 saturated carbocycles. The molecule has 1 saturated heterocycles. The number of rotatable bonds is 11. The van der Waals surface area contributed by atoms with Crippen LogP contribution in [0.25, 0.3) is 0 Å². The van der Waals surface area contributed by atoms with Gasteiger partial charge in [0.05, 0.1) is 13.7 Å². The van der Waals surface area contributed by atoms with Gasteiger partial charge in [-0.05, 0) is 61.6 Å². The molecule has 0 spiro atoms. The van der Waals surface area contributed by atoms with Gasteiger partial charge in [0.1, 0.15) is 11.6 Å². The molecule has 0 amide bonds. The Bertz CT molecular complexity index is 810. The summed E-state index contributed by atoms with van der Waals surface area (Å²) in [5.74, 6) is 2.72. The minimum absolute atomic E-state index is 0. The number of pyridine rings is 1. The molecule has 1 aromatic carbocycles. The molecule has 7 nitrogen and oxygen atoms in total. The van der Waals surface area contributed by atoms with Crippen molar-refractivity contribution < 1.29 is 9.47 Å². The standard InChI is InChI=1S/C24H35N5O2.HI/c1-3-31-16-6-12-26-24(27-18-20-7-9-22(30-2)10-8-20)28-19-21-11-13-25-23(17-21)29-14-4-5-15-29;/h7-11,13,17H,3-6,12,14-16,18-19H2,1-2H3,(H2,26,27,28);1H. The van der Waals surface area contributed by atoms with Crippen molar-refractivity contribution in [3.63, 3.8) is 0 Å². The zero-order valence-electron chi connectivity index (χ0n) is 19.2. The van der Waals surface area contributed by atoms with E-state index in [9.17, 15) is 0 Å². The van der Waals surface area contributed by atoms with Gasteiger partial charge in [0.15, 0.2) is 5.96 Å². The van der Waals surface area contributed by atoms with Gasteiger partial charge in [-0.2, -0.15) is 0 Å². The number of aliphatic imine (C=N–C) groups is 1. The van der Waals surface area contributed by atoms with E-state index in [1.54, 1.807) is 7.11 Å². The molecule has 2 aromatic rings. The number of ether oxygens (including phenoxy) is 2. The molecule has 3 rings (SSSR count). The Balaban J connectivity index is 0.00000363. The molecule has 8 heteroatoms. The number of guanidine groups is 1. The van der Waals surface area contributed by atoms with E-state index in [2.05, 4.69) is 38.7 Å². The van der Waals surface area contributed by atoms with Crippen LogP contribution in [0, 0.1) is 0 Å².